The predicted molar refractivity (Wildman–Crippen MR) is 111 cm³/mol. The van der Waals surface area contributed by atoms with Gasteiger partial charge in [-0.2, -0.15) is 5.10 Å². The van der Waals surface area contributed by atoms with E-state index in [1.165, 1.54) is 6.21 Å². The van der Waals surface area contributed by atoms with Crippen molar-refractivity contribution in [3.63, 3.8) is 0 Å². The van der Waals surface area contributed by atoms with Crippen LogP contribution in [0, 0.1) is 13.8 Å². The number of nitrogens with one attached hydrogen (secondary N) is 1. The summed E-state index contributed by atoms with van der Waals surface area (Å²) in [5.41, 5.74) is 5.11. The van der Waals surface area contributed by atoms with Gasteiger partial charge in [-0.1, -0.05) is 35.3 Å². The van der Waals surface area contributed by atoms with Gasteiger partial charge in [0, 0.05) is 15.6 Å². The molecule has 3 rings (SSSR count). The Hall–Kier alpha value is -2.76. The van der Waals surface area contributed by atoms with Crippen molar-refractivity contribution in [1.29, 1.82) is 0 Å². The van der Waals surface area contributed by atoms with Crippen LogP contribution in [0.4, 0.5) is 0 Å². The molecule has 5 nitrogen and oxygen atoms in total. The highest BCUT2D eigenvalue weighted by Crippen LogP contribution is 2.26. The molecular formula is C21H18Cl2N2O3. The SMILES string of the molecule is Cc1ccc(-c2ccc(/C=N/NC(=O)COc3ccc(Cl)cc3C)o2)cc1Cl. The fourth-order valence-electron chi connectivity index (χ4n) is 2.44. The third-order valence-electron chi connectivity index (χ3n) is 3.96. The Morgan fingerprint density at radius 2 is 1.93 bits per heavy atom. The van der Waals surface area contributed by atoms with E-state index in [0.717, 1.165) is 16.7 Å². The number of furan rings is 1. The molecule has 1 aromatic heterocycles. The zero-order valence-electron chi connectivity index (χ0n) is 15.3. The average molecular weight is 417 g/mol. The van der Waals surface area contributed by atoms with Crippen LogP contribution >= 0.6 is 23.2 Å². The van der Waals surface area contributed by atoms with Crippen molar-refractivity contribution in [3.05, 3.63) is 75.5 Å². The number of hydrogen-bond donors (Lipinski definition) is 1. The topological polar surface area (TPSA) is 63.8 Å². The first-order valence-electron chi connectivity index (χ1n) is 8.49. The molecule has 0 fully saturated rings. The number of hydrazone groups is 1. The molecule has 0 aliphatic rings. The molecule has 0 spiro atoms. The van der Waals surface area contributed by atoms with E-state index in [0.29, 0.717) is 27.3 Å². The van der Waals surface area contributed by atoms with Gasteiger partial charge in [0.1, 0.15) is 17.3 Å². The maximum Gasteiger partial charge on any atom is 0.277 e. The lowest BCUT2D eigenvalue weighted by Gasteiger charge is -2.08. The second-order valence-electron chi connectivity index (χ2n) is 6.16. The molecule has 0 saturated heterocycles. The molecule has 3 aromatic rings. The fourth-order valence-corrected chi connectivity index (χ4v) is 2.85. The summed E-state index contributed by atoms with van der Waals surface area (Å²) in [6.07, 6.45) is 1.42. The predicted octanol–water partition coefficient (Wildman–Crippen LogP) is 5.40. The van der Waals surface area contributed by atoms with E-state index >= 15 is 0 Å². The van der Waals surface area contributed by atoms with Gasteiger partial charge in [0.2, 0.25) is 0 Å². The Balaban J connectivity index is 1.53. The molecule has 7 heteroatoms. The molecule has 1 amide bonds. The number of ether oxygens (including phenoxy) is 1. The highest BCUT2D eigenvalue weighted by atomic mass is 35.5. The highest BCUT2D eigenvalue weighted by Gasteiger charge is 2.07. The zero-order chi connectivity index (χ0) is 20.1. The van der Waals surface area contributed by atoms with Gasteiger partial charge in [-0.15, -0.1) is 0 Å². The summed E-state index contributed by atoms with van der Waals surface area (Å²) in [6.45, 7) is 3.63. The number of aryl methyl sites for hydroxylation is 2. The van der Waals surface area contributed by atoms with Gasteiger partial charge in [0.25, 0.3) is 5.91 Å². The van der Waals surface area contributed by atoms with Gasteiger partial charge >= 0.3 is 0 Å². The van der Waals surface area contributed by atoms with Gasteiger partial charge in [-0.25, -0.2) is 5.43 Å². The third kappa shape index (κ3) is 5.15. The van der Waals surface area contributed by atoms with Crippen molar-refractivity contribution in [2.45, 2.75) is 13.8 Å². The van der Waals surface area contributed by atoms with Crippen molar-refractivity contribution in [2.24, 2.45) is 5.10 Å². The fraction of sp³-hybridized carbons (Fsp3) is 0.143. The standard InChI is InChI=1S/C21H18Cl2N2O3/c1-13-3-4-15(10-18(13)23)20-8-6-17(28-20)11-24-25-21(26)12-27-19-7-5-16(22)9-14(19)2/h3-11H,12H2,1-2H3,(H,25,26)/b24-11+. The van der Waals surface area contributed by atoms with E-state index < -0.39 is 0 Å². The minimum Gasteiger partial charge on any atom is -0.483 e. The maximum absolute atomic E-state index is 11.9. The van der Waals surface area contributed by atoms with Gasteiger partial charge < -0.3 is 9.15 Å². The summed E-state index contributed by atoms with van der Waals surface area (Å²) in [5.74, 6) is 1.37. The summed E-state index contributed by atoms with van der Waals surface area (Å²) in [5, 5.41) is 5.17. The summed E-state index contributed by atoms with van der Waals surface area (Å²) in [7, 11) is 0. The molecule has 0 saturated carbocycles. The van der Waals surface area contributed by atoms with Gasteiger partial charge in [0.05, 0.1) is 6.21 Å². The largest absolute Gasteiger partial charge is 0.483 e. The highest BCUT2D eigenvalue weighted by molar-refractivity contribution is 6.31. The molecule has 1 heterocycles. The lowest BCUT2D eigenvalue weighted by Crippen LogP contribution is -2.24. The Labute approximate surface area is 172 Å². The normalized spacial score (nSPS) is 11.0. The van der Waals surface area contributed by atoms with E-state index in [-0.39, 0.29) is 12.5 Å². The van der Waals surface area contributed by atoms with Crippen LogP contribution in [0.25, 0.3) is 11.3 Å². The number of halogens is 2. The lowest BCUT2D eigenvalue weighted by molar-refractivity contribution is -0.123. The van der Waals surface area contributed by atoms with E-state index in [1.807, 2.05) is 38.1 Å². The van der Waals surface area contributed by atoms with Crippen LogP contribution in [0.5, 0.6) is 5.75 Å². The smallest absolute Gasteiger partial charge is 0.277 e. The summed E-state index contributed by atoms with van der Waals surface area (Å²) < 4.78 is 11.2. The number of carbonyl (C=O) groups excluding carboxylic acids is 1. The molecule has 28 heavy (non-hydrogen) atoms. The Morgan fingerprint density at radius 3 is 2.68 bits per heavy atom. The van der Waals surface area contributed by atoms with Crippen LogP contribution in [0.2, 0.25) is 10.0 Å². The molecule has 1 N–H and O–H groups in total. The molecule has 0 bridgehead atoms. The van der Waals surface area contributed by atoms with Gasteiger partial charge in [0.15, 0.2) is 6.61 Å². The second-order valence-corrected chi connectivity index (χ2v) is 7.00. The Bertz CT molecular complexity index is 1030. The number of amides is 1. The molecule has 0 atom stereocenters. The van der Waals surface area contributed by atoms with Crippen LogP contribution in [0.1, 0.15) is 16.9 Å². The van der Waals surface area contributed by atoms with E-state index in [4.69, 9.17) is 32.4 Å². The number of rotatable bonds is 6. The van der Waals surface area contributed by atoms with Crippen LogP contribution < -0.4 is 10.2 Å². The van der Waals surface area contributed by atoms with Gasteiger partial charge in [-0.05, 0) is 61.4 Å². The number of carbonyl (C=O) groups is 1. The number of hydrogen-bond acceptors (Lipinski definition) is 4. The first-order chi connectivity index (χ1) is 13.4. The van der Waals surface area contributed by atoms with Crippen molar-refractivity contribution in [3.8, 4) is 17.1 Å². The van der Waals surface area contributed by atoms with Crippen LogP contribution in [-0.4, -0.2) is 18.7 Å². The molecule has 144 valence electrons. The van der Waals surface area contributed by atoms with Crippen molar-refractivity contribution < 1.29 is 13.9 Å². The second kappa shape index (κ2) is 8.95. The summed E-state index contributed by atoms with van der Waals surface area (Å²) in [4.78, 5) is 11.9. The van der Waals surface area contributed by atoms with Crippen molar-refractivity contribution in [1.82, 2.24) is 5.43 Å². The zero-order valence-corrected chi connectivity index (χ0v) is 16.8. The molecule has 0 radical (unpaired) electrons. The molecule has 0 aliphatic carbocycles. The molecule has 0 aliphatic heterocycles. The summed E-state index contributed by atoms with van der Waals surface area (Å²) >= 11 is 12.0. The minimum atomic E-state index is -0.386. The lowest BCUT2D eigenvalue weighted by atomic mass is 10.1. The van der Waals surface area contributed by atoms with Crippen LogP contribution in [0.15, 0.2) is 58.0 Å². The van der Waals surface area contributed by atoms with Crippen LogP contribution in [-0.2, 0) is 4.79 Å². The monoisotopic (exact) mass is 416 g/mol. The first-order valence-corrected chi connectivity index (χ1v) is 9.25. The van der Waals surface area contributed by atoms with E-state index in [9.17, 15) is 4.79 Å². The van der Waals surface area contributed by atoms with Crippen molar-refractivity contribution in [2.75, 3.05) is 6.61 Å². The van der Waals surface area contributed by atoms with Gasteiger partial charge in [-0.3, -0.25) is 4.79 Å². The third-order valence-corrected chi connectivity index (χ3v) is 4.60. The summed E-state index contributed by atoms with van der Waals surface area (Å²) in [6, 6.07) is 14.5. The van der Waals surface area contributed by atoms with Crippen LogP contribution in [0.3, 0.4) is 0 Å². The number of nitrogens with zero attached hydrogens (tertiary/aromatic N) is 1. The molecule has 0 unspecified atom stereocenters. The van der Waals surface area contributed by atoms with Crippen molar-refractivity contribution >= 4 is 35.3 Å². The quantitative estimate of drug-likeness (QED) is 0.432. The minimum absolute atomic E-state index is 0.162. The first kappa shape index (κ1) is 20.0. The average Bonchev–Trinajstić information content (AvgIpc) is 3.12. The molecular weight excluding hydrogens is 399 g/mol. The Kier molecular flexibility index (Phi) is 6.39. The Morgan fingerprint density at radius 1 is 1.11 bits per heavy atom. The van der Waals surface area contributed by atoms with E-state index in [1.54, 1.807) is 24.3 Å². The molecule has 2 aromatic carbocycles. The van der Waals surface area contributed by atoms with E-state index in [2.05, 4.69) is 10.5 Å². The maximum atomic E-state index is 11.9. The number of benzene rings is 2.